The largest absolute Gasteiger partial charge is 0.368 e. The summed E-state index contributed by atoms with van der Waals surface area (Å²) in [6.45, 7) is 2.78. The van der Waals surface area contributed by atoms with Gasteiger partial charge in [0.2, 0.25) is 0 Å². The van der Waals surface area contributed by atoms with Gasteiger partial charge in [0.1, 0.15) is 12.2 Å². The summed E-state index contributed by atoms with van der Waals surface area (Å²) in [5, 5.41) is 9.22. The molecule has 0 fully saturated rings. The fourth-order valence-corrected chi connectivity index (χ4v) is 1.78. The summed E-state index contributed by atoms with van der Waals surface area (Å²) < 4.78 is 14.3. The minimum atomic E-state index is -0.639. The number of amides is 1. The number of nitrogens with one attached hydrogen (secondary N) is 2. The molecule has 0 radical (unpaired) electrons. The van der Waals surface area contributed by atoms with Crippen LogP contribution < -0.4 is 5.32 Å². The molecule has 0 saturated carbocycles. The summed E-state index contributed by atoms with van der Waals surface area (Å²) in [5.74, 6) is -0.452. The molecule has 0 aliphatic carbocycles. The van der Waals surface area contributed by atoms with Crippen molar-refractivity contribution >= 4 is 11.7 Å². The van der Waals surface area contributed by atoms with Crippen LogP contribution in [0.25, 0.3) is 0 Å². The number of nitrogens with zero attached hydrogens (tertiary/aromatic N) is 4. The molecule has 2 aromatic heterocycles. The molecule has 21 heavy (non-hydrogen) atoms. The monoisotopic (exact) mass is 292 g/mol. The number of H-pyrrole nitrogens is 1. The molecular weight excluding hydrogens is 275 g/mol. The molecule has 1 amide bonds. The van der Waals surface area contributed by atoms with E-state index < -0.39 is 11.7 Å². The molecule has 2 rings (SSSR count). The predicted molar refractivity (Wildman–Crippen MR) is 75.2 cm³/mol. The van der Waals surface area contributed by atoms with Crippen molar-refractivity contribution in [2.24, 2.45) is 0 Å². The Morgan fingerprint density at radius 1 is 1.48 bits per heavy atom. The zero-order chi connectivity index (χ0) is 15.2. The van der Waals surface area contributed by atoms with Crippen LogP contribution in [0.1, 0.15) is 29.5 Å². The first-order valence-corrected chi connectivity index (χ1v) is 6.61. The highest BCUT2D eigenvalue weighted by Crippen LogP contribution is 2.17. The summed E-state index contributed by atoms with van der Waals surface area (Å²) in [4.78, 5) is 21.5. The Bertz CT molecular complexity index is 601. The molecule has 0 aliphatic rings. The van der Waals surface area contributed by atoms with Gasteiger partial charge in [0.15, 0.2) is 11.6 Å². The van der Waals surface area contributed by atoms with E-state index >= 15 is 0 Å². The molecule has 0 aliphatic heterocycles. The van der Waals surface area contributed by atoms with Gasteiger partial charge in [-0.25, -0.2) is 14.4 Å². The van der Waals surface area contributed by atoms with E-state index in [-0.39, 0.29) is 17.9 Å². The second-order valence-electron chi connectivity index (χ2n) is 4.54. The average molecular weight is 292 g/mol. The Labute approximate surface area is 121 Å². The molecule has 2 aromatic rings. The topological polar surface area (TPSA) is 86.8 Å². The Kier molecular flexibility index (Phi) is 4.81. The Hall–Kier alpha value is -2.51. The highest BCUT2D eigenvalue weighted by Gasteiger charge is 2.20. The SMILES string of the molecule is CCCNc1nccc(C(=O)N(C)Cc2ncn[nH]2)c1F. The van der Waals surface area contributed by atoms with Gasteiger partial charge in [0, 0.05) is 19.8 Å². The predicted octanol–water partition coefficient (Wildman–Crippen LogP) is 1.43. The standard InChI is InChI=1S/C13H17FN6O/c1-3-5-15-12-11(14)9(4-6-16-12)13(21)20(2)7-10-17-8-18-19-10/h4,6,8H,3,5,7H2,1-2H3,(H,15,16)(H,17,18,19). The highest BCUT2D eigenvalue weighted by molar-refractivity contribution is 5.95. The number of hydrogen-bond donors (Lipinski definition) is 2. The van der Waals surface area contributed by atoms with Crippen molar-refractivity contribution in [1.29, 1.82) is 0 Å². The second-order valence-corrected chi connectivity index (χ2v) is 4.54. The molecule has 7 nitrogen and oxygen atoms in total. The first-order valence-electron chi connectivity index (χ1n) is 6.61. The van der Waals surface area contributed by atoms with E-state index in [4.69, 9.17) is 0 Å². The van der Waals surface area contributed by atoms with Crippen molar-refractivity contribution in [2.45, 2.75) is 19.9 Å². The van der Waals surface area contributed by atoms with Gasteiger partial charge >= 0.3 is 0 Å². The maximum atomic E-state index is 14.3. The maximum absolute atomic E-state index is 14.3. The highest BCUT2D eigenvalue weighted by atomic mass is 19.1. The molecule has 112 valence electrons. The van der Waals surface area contributed by atoms with Crippen molar-refractivity contribution in [3.05, 3.63) is 35.8 Å². The zero-order valence-electron chi connectivity index (χ0n) is 11.9. The van der Waals surface area contributed by atoms with Crippen LogP contribution in [-0.4, -0.2) is 44.6 Å². The van der Waals surface area contributed by atoms with E-state index in [1.54, 1.807) is 7.05 Å². The van der Waals surface area contributed by atoms with Gasteiger partial charge in [0.05, 0.1) is 12.1 Å². The van der Waals surface area contributed by atoms with E-state index in [0.29, 0.717) is 12.4 Å². The number of hydrogen-bond acceptors (Lipinski definition) is 5. The number of carbonyl (C=O) groups is 1. The second kappa shape index (κ2) is 6.78. The fraction of sp³-hybridized carbons (Fsp3) is 0.385. The molecular formula is C13H17FN6O. The van der Waals surface area contributed by atoms with Crippen LogP contribution in [-0.2, 0) is 6.54 Å². The van der Waals surface area contributed by atoms with Crippen molar-refractivity contribution in [3.8, 4) is 0 Å². The van der Waals surface area contributed by atoms with E-state index in [2.05, 4.69) is 25.5 Å². The number of rotatable bonds is 6. The number of pyridine rings is 1. The molecule has 0 atom stereocenters. The van der Waals surface area contributed by atoms with Crippen LogP contribution in [0, 0.1) is 5.82 Å². The molecule has 0 saturated heterocycles. The lowest BCUT2D eigenvalue weighted by Crippen LogP contribution is -2.28. The molecule has 0 aromatic carbocycles. The van der Waals surface area contributed by atoms with Gasteiger partial charge in [-0.15, -0.1) is 0 Å². The van der Waals surface area contributed by atoms with Crippen molar-refractivity contribution in [2.75, 3.05) is 18.9 Å². The first kappa shape index (κ1) is 14.9. The lowest BCUT2D eigenvalue weighted by molar-refractivity contribution is 0.0777. The summed E-state index contributed by atoms with van der Waals surface area (Å²) in [5.41, 5.74) is -0.0226. The first-order chi connectivity index (χ1) is 10.1. The van der Waals surface area contributed by atoms with Gasteiger partial charge in [-0.3, -0.25) is 9.89 Å². The number of anilines is 1. The summed E-state index contributed by atoms with van der Waals surface area (Å²) in [7, 11) is 1.57. The van der Waals surface area contributed by atoms with Crippen molar-refractivity contribution < 1.29 is 9.18 Å². The molecule has 8 heteroatoms. The van der Waals surface area contributed by atoms with E-state index in [1.165, 1.54) is 23.5 Å². The van der Waals surface area contributed by atoms with E-state index in [0.717, 1.165) is 6.42 Å². The number of aromatic amines is 1. The summed E-state index contributed by atoms with van der Waals surface area (Å²) in [6.07, 6.45) is 3.61. The third-order valence-electron chi connectivity index (χ3n) is 2.86. The van der Waals surface area contributed by atoms with E-state index in [9.17, 15) is 9.18 Å². The van der Waals surface area contributed by atoms with Crippen LogP contribution in [0.15, 0.2) is 18.6 Å². The third-order valence-corrected chi connectivity index (χ3v) is 2.86. The average Bonchev–Trinajstić information content (AvgIpc) is 2.98. The molecule has 0 spiro atoms. The number of aromatic nitrogens is 4. The van der Waals surface area contributed by atoms with Gasteiger partial charge in [-0.1, -0.05) is 6.92 Å². The fourth-order valence-electron chi connectivity index (χ4n) is 1.78. The third kappa shape index (κ3) is 3.53. The van der Waals surface area contributed by atoms with Gasteiger partial charge in [-0.05, 0) is 12.5 Å². The Balaban J connectivity index is 2.14. The number of halogens is 1. The quantitative estimate of drug-likeness (QED) is 0.841. The molecule has 2 heterocycles. The van der Waals surface area contributed by atoms with Crippen molar-refractivity contribution in [3.63, 3.8) is 0 Å². The van der Waals surface area contributed by atoms with Gasteiger partial charge in [-0.2, -0.15) is 5.10 Å². The molecule has 0 unspecified atom stereocenters. The molecule has 2 N–H and O–H groups in total. The van der Waals surface area contributed by atoms with Crippen molar-refractivity contribution in [1.82, 2.24) is 25.1 Å². The smallest absolute Gasteiger partial charge is 0.257 e. The lowest BCUT2D eigenvalue weighted by atomic mass is 10.2. The maximum Gasteiger partial charge on any atom is 0.257 e. The van der Waals surface area contributed by atoms with Crippen LogP contribution in [0.2, 0.25) is 0 Å². The Morgan fingerprint density at radius 3 is 2.95 bits per heavy atom. The molecule has 0 bridgehead atoms. The van der Waals surface area contributed by atoms with Crippen LogP contribution in [0.4, 0.5) is 10.2 Å². The van der Waals surface area contributed by atoms with Crippen LogP contribution in [0.3, 0.4) is 0 Å². The van der Waals surface area contributed by atoms with Crippen LogP contribution in [0.5, 0.6) is 0 Å². The summed E-state index contributed by atoms with van der Waals surface area (Å²) in [6, 6.07) is 1.37. The van der Waals surface area contributed by atoms with Gasteiger partial charge < -0.3 is 10.2 Å². The van der Waals surface area contributed by atoms with E-state index in [1.807, 2.05) is 6.92 Å². The normalized spacial score (nSPS) is 10.4. The van der Waals surface area contributed by atoms with Crippen LogP contribution >= 0.6 is 0 Å². The Morgan fingerprint density at radius 2 is 2.29 bits per heavy atom. The zero-order valence-corrected chi connectivity index (χ0v) is 11.9. The minimum Gasteiger partial charge on any atom is -0.368 e. The minimum absolute atomic E-state index is 0.0226. The number of carbonyl (C=O) groups excluding carboxylic acids is 1. The summed E-state index contributed by atoms with van der Waals surface area (Å²) >= 11 is 0. The lowest BCUT2D eigenvalue weighted by Gasteiger charge is -2.16. The van der Waals surface area contributed by atoms with Gasteiger partial charge in [0.25, 0.3) is 5.91 Å².